The van der Waals surface area contributed by atoms with E-state index in [1.165, 1.54) is 15.4 Å². The molecule has 2 aliphatic rings. The highest BCUT2D eigenvalue weighted by atomic mass is 32.2. The molecule has 106 valence electrons. The van der Waals surface area contributed by atoms with Gasteiger partial charge in [0.1, 0.15) is 6.04 Å². The molecule has 2 aliphatic heterocycles. The van der Waals surface area contributed by atoms with Gasteiger partial charge >= 0.3 is 6.03 Å². The number of amides is 3. The molecular weight excluding hydrogens is 272 g/mol. The second-order valence-electron chi connectivity index (χ2n) is 5.29. The van der Waals surface area contributed by atoms with Crippen LogP contribution in [-0.4, -0.2) is 35.2 Å². The predicted molar refractivity (Wildman–Crippen MR) is 78.8 cm³/mol. The van der Waals surface area contributed by atoms with E-state index in [0.29, 0.717) is 6.54 Å². The van der Waals surface area contributed by atoms with Crippen LogP contribution in [0.2, 0.25) is 0 Å². The van der Waals surface area contributed by atoms with Gasteiger partial charge in [-0.05, 0) is 18.1 Å². The van der Waals surface area contributed by atoms with Crippen LogP contribution in [0.5, 0.6) is 0 Å². The van der Waals surface area contributed by atoms with E-state index in [1.54, 1.807) is 11.8 Å². The molecule has 1 aromatic rings. The monoisotopic (exact) mass is 290 g/mol. The van der Waals surface area contributed by atoms with Crippen molar-refractivity contribution in [1.82, 2.24) is 10.2 Å². The molecular formula is C15H18N2O2S. The molecule has 0 saturated carbocycles. The zero-order chi connectivity index (χ0) is 14.1. The van der Waals surface area contributed by atoms with Gasteiger partial charge in [0, 0.05) is 23.1 Å². The van der Waals surface area contributed by atoms with E-state index in [4.69, 9.17) is 0 Å². The number of nitrogens with one attached hydrogen (secondary N) is 1. The number of thioether (sulfide) groups is 1. The van der Waals surface area contributed by atoms with Crippen LogP contribution < -0.4 is 5.32 Å². The molecule has 2 unspecified atom stereocenters. The number of hydrogen-bond donors (Lipinski definition) is 1. The van der Waals surface area contributed by atoms with E-state index < -0.39 is 0 Å². The molecule has 3 amide bonds. The van der Waals surface area contributed by atoms with Crippen LogP contribution in [0.3, 0.4) is 0 Å². The van der Waals surface area contributed by atoms with Gasteiger partial charge in [0.05, 0.1) is 0 Å². The van der Waals surface area contributed by atoms with Crippen LogP contribution in [0, 0.1) is 0 Å². The largest absolute Gasteiger partial charge is 0.326 e. The average molecular weight is 290 g/mol. The van der Waals surface area contributed by atoms with Crippen molar-refractivity contribution in [3.63, 3.8) is 0 Å². The van der Waals surface area contributed by atoms with E-state index in [-0.39, 0.29) is 23.9 Å². The molecule has 0 radical (unpaired) electrons. The standard InChI is InChI=1S/C15H18N2O2S/c1-2-5-12-14(18)17(15(19)16-12)8-10-9-20-13-7-4-3-6-11(10)13/h3-4,6-7,10,12H,2,5,8-9H2,1H3,(H,16,19). The number of rotatable bonds is 4. The summed E-state index contributed by atoms with van der Waals surface area (Å²) in [5, 5.41) is 2.78. The Balaban J connectivity index is 1.73. The van der Waals surface area contributed by atoms with Crippen LogP contribution in [0.15, 0.2) is 29.2 Å². The first kappa shape index (κ1) is 13.5. The second kappa shape index (κ2) is 5.48. The summed E-state index contributed by atoms with van der Waals surface area (Å²) in [6.07, 6.45) is 1.61. The number of fused-ring (bicyclic) bond motifs is 1. The lowest BCUT2D eigenvalue weighted by Crippen LogP contribution is -2.35. The number of urea groups is 1. The lowest BCUT2D eigenvalue weighted by molar-refractivity contribution is -0.127. The Labute approximate surface area is 122 Å². The van der Waals surface area contributed by atoms with Crippen molar-refractivity contribution < 1.29 is 9.59 Å². The smallest absolute Gasteiger partial charge is 0.324 e. The normalized spacial score (nSPS) is 24.9. The van der Waals surface area contributed by atoms with Crippen molar-refractivity contribution in [1.29, 1.82) is 0 Å². The van der Waals surface area contributed by atoms with Crippen LogP contribution in [0.25, 0.3) is 0 Å². The molecule has 0 aliphatic carbocycles. The van der Waals surface area contributed by atoms with Crippen LogP contribution >= 0.6 is 11.8 Å². The molecule has 4 nitrogen and oxygen atoms in total. The molecule has 3 rings (SSSR count). The van der Waals surface area contributed by atoms with Gasteiger partial charge in [-0.3, -0.25) is 9.69 Å². The van der Waals surface area contributed by atoms with E-state index >= 15 is 0 Å². The molecule has 1 N–H and O–H groups in total. The molecule has 1 saturated heterocycles. The number of benzene rings is 1. The second-order valence-corrected chi connectivity index (χ2v) is 6.35. The molecule has 20 heavy (non-hydrogen) atoms. The SMILES string of the molecule is CCCC1NC(=O)N(CC2CSc3ccccc32)C1=O. The first-order chi connectivity index (χ1) is 9.70. The number of carbonyl (C=O) groups is 2. The van der Waals surface area contributed by atoms with Gasteiger partial charge in [-0.2, -0.15) is 0 Å². The van der Waals surface area contributed by atoms with E-state index in [0.717, 1.165) is 18.6 Å². The third-order valence-electron chi connectivity index (χ3n) is 3.89. The Morgan fingerprint density at radius 2 is 2.15 bits per heavy atom. The first-order valence-electron chi connectivity index (χ1n) is 7.04. The van der Waals surface area contributed by atoms with Gasteiger partial charge in [0.25, 0.3) is 5.91 Å². The van der Waals surface area contributed by atoms with Gasteiger partial charge in [-0.1, -0.05) is 31.5 Å². The third kappa shape index (κ3) is 2.30. The summed E-state index contributed by atoms with van der Waals surface area (Å²) in [5.74, 6) is 1.13. The third-order valence-corrected chi connectivity index (χ3v) is 5.14. The highest BCUT2D eigenvalue weighted by Gasteiger charge is 2.39. The fourth-order valence-electron chi connectivity index (χ4n) is 2.83. The Kier molecular flexibility index (Phi) is 3.70. The summed E-state index contributed by atoms with van der Waals surface area (Å²) in [5.41, 5.74) is 1.26. The molecule has 2 atom stereocenters. The fourth-order valence-corrected chi connectivity index (χ4v) is 4.08. The molecule has 1 fully saturated rings. The maximum absolute atomic E-state index is 12.2. The summed E-state index contributed by atoms with van der Waals surface area (Å²) in [7, 11) is 0. The molecule has 5 heteroatoms. The minimum absolute atomic E-state index is 0.0637. The minimum atomic E-state index is -0.322. The van der Waals surface area contributed by atoms with Crippen LogP contribution in [0.4, 0.5) is 4.79 Å². The molecule has 2 heterocycles. The van der Waals surface area contributed by atoms with E-state index in [2.05, 4.69) is 17.4 Å². The Hall–Kier alpha value is -1.49. The van der Waals surface area contributed by atoms with Crippen molar-refractivity contribution in [2.75, 3.05) is 12.3 Å². The van der Waals surface area contributed by atoms with Crippen molar-refractivity contribution in [2.45, 2.75) is 36.6 Å². The summed E-state index contributed by atoms with van der Waals surface area (Å²) < 4.78 is 0. The number of imide groups is 1. The van der Waals surface area contributed by atoms with Gasteiger partial charge < -0.3 is 5.32 Å². The van der Waals surface area contributed by atoms with Crippen molar-refractivity contribution >= 4 is 23.7 Å². The van der Waals surface area contributed by atoms with Gasteiger partial charge in [0.2, 0.25) is 0 Å². The number of nitrogens with zero attached hydrogens (tertiary/aromatic N) is 1. The average Bonchev–Trinajstić information content (AvgIpc) is 2.97. The fraction of sp³-hybridized carbons (Fsp3) is 0.467. The Morgan fingerprint density at radius 3 is 2.95 bits per heavy atom. The molecule has 1 aromatic carbocycles. The first-order valence-corrected chi connectivity index (χ1v) is 8.03. The van der Waals surface area contributed by atoms with Gasteiger partial charge in [-0.15, -0.1) is 11.8 Å². The van der Waals surface area contributed by atoms with Crippen molar-refractivity contribution in [3.8, 4) is 0 Å². The maximum atomic E-state index is 12.2. The van der Waals surface area contributed by atoms with E-state index in [1.807, 2.05) is 19.1 Å². The summed E-state index contributed by atoms with van der Waals surface area (Å²) in [4.78, 5) is 26.9. The van der Waals surface area contributed by atoms with Crippen molar-refractivity contribution in [2.24, 2.45) is 0 Å². The zero-order valence-corrected chi connectivity index (χ0v) is 12.3. The van der Waals surface area contributed by atoms with Gasteiger partial charge in [-0.25, -0.2) is 4.79 Å². The Bertz CT molecular complexity index is 546. The number of hydrogen-bond acceptors (Lipinski definition) is 3. The Morgan fingerprint density at radius 1 is 1.35 bits per heavy atom. The maximum Gasteiger partial charge on any atom is 0.324 e. The summed E-state index contributed by atoms with van der Waals surface area (Å²) >= 11 is 1.80. The lowest BCUT2D eigenvalue weighted by Gasteiger charge is -2.18. The highest BCUT2D eigenvalue weighted by Crippen LogP contribution is 2.39. The highest BCUT2D eigenvalue weighted by molar-refractivity contribution is 7.99. The van der Waals surface area contributed by atoms with Crippen LogP contribution in [0.1, 0.15) is 31.2 Å². The quantitative estimate of drug-likeness (QED) is 0.867. The molecule has 0 spiro atoms. The van der Waals surface area contributed by atoms with Gasteiger partial charge in [0.15, 0.2) is 0 Å². The molecule has 0 bridgehead atoms. The van der Waals surface area contributed by atoms with Crippen LogP contribution in [-0.2, 0) is 4.79 Å². The minimum Gasteiger partial charge on any atom is -0.326 e. The van der Waals surface area contributed by atoms with E-state index in [9.17, 15) is 9.59 Å². The number of carbonyl (C=O) groups excluding carboxylic acids is 2. The lowest BCUT2D eigenvalue weighted by atomic mass is 10.0. The van der Waals surface area contributed by atoms with Crippen molar-refractivity contribution in [3.05, 3.63) is 29.8 Å². The zero-order valence-electron chi connectivity index (χ0n) is 11.5. The summed E-state index contributed by atoms with van der Waals surface area (Å²) in [6, 6.07) is 7.69. The topological polar surface area (TPSA) is 49.4 Å². The predicted octanol–water partition coefficient (Wildman–Crippen LogP) is 2.60. The molecule has 0 aromatic heterocycles. The summed E-state index contributed by atoms with van der Waals surface area (Å²) in [6.45, 7) is 2.51.